The van der Waals surface area contributed by atoms with Crippen LogP contribution in [0.15, 0.2) is 24.3 Å². The highest BCUT2D eigenvalue weighted by Crippen LogP contribution is 2.37. The van der Waals surface area contributed by atoms with E-state index < -0.39 is 6.09 Å². The third-order valence-corrected chi connectivity index (χ3v) is 3.07. The zero-order valence-corrected chi connectivity index (χ0v) is 12.5. The Labute approximate surface area is 124 Å². The molecule has 1 aliphatic rings. The smallest absolute Gasteiger partial charge is 0.407 e. The number of nitrogens with one attached hydrogen (secondary N) is 1. The van der Waals surface area contributed by atoms with Crippen LogP contribution in [0.1, 0.15) is 32.4 Å². The fourth-order valence-corrected chi connectivity index (χ4v) is 2.15. The number of ether oxygens (including phenoxy) is 2. The number of cyclic esters (lactones) is 1. The Bertz CT molecular complexity index is 516. The van der Waals surface area contributed by atoms with Crippen molar-refractivity contribution < 1.29 is 19.1 Å². The van der Waals surface area contributed by atoms with Crippen molar-refractivity contribution in [2.75, 3.05) is 6.61 Å². The molecule has 0 radical (unpaired) electrons. The van der Waals surface area contributed by atoms with E-state index in [2.05, 4.69) is 5.32 Å². The van der Waals surface area contributed by atoms with E-state index in [1.165, 1.54) is 6.92 Å². The standard InChI is InChI=1S/C14H17NO4.ClH/c1-9(16)19-11-6-4-5-10(7-11)12-14(2,3)8-18-13(17)15-12;/h4-7,12H,8H2,1-3H3,(H,15,17);1H/t12-;/m0./s1. The number of carbonyl (C=O) groups is 2. The predicted octanol–water partition coefficient (Wildman–Crippen LogP) is 2.84. The molecule has 0 saturated carbocycles. The normalized spacial score (nSPS) is 20.1. The maximum atomic E-state index is 11.4. The van der Waals surface area contributed by atoms with E-state index in [9.17, 15) is 9.59 Å². The second-order valence-electron chi connectivity index (χ2n) is 5.31. The minimum absolute atomic E-state index is 0. The number of hydrogen-bond donors (Lipinski definition) is 1. The molecule has 6 heteroatoms. The number of halogens is 1. The quantitative estimate of drug-likeness (QED) is 0.673. The molecule has 20 heavy (non-hydrogen) atoms. The molecule has 2 rings (SSSR count). The summed E-state index contributed by atoms with van der Waals surface area (Å²) in [4.78, 5) is 22.3. The monoisotopic (exact) mass is 299 g/mol. The SMILES string of the molecule is CC(=O)Oc1cccc([C@@H]2NC(=O)OCC2(C)C)c1.Cl. The number of alkyl carbamates (subject to hydrolysis) is 1. The van der Waals surface area contributed by atoms with E-state index in [0.29, 0.717) is 12.4 Å². The van der Waals surface area contributed by atoms with Gasteiger partial charge >= 0.3 is 12.1 Å². The molecule has 1 aliphatic heterocycles. The highest BCUT2D eigenvalue weighted by molar-refractivity contribution is 5.85. The zero-order valence-electron chi connectivity index (χ0n) is 11.6. The second-order valence-corrected chi connectivity index (χ2v) is 5.31. The fourth-order valence-electron chi connectivity index (χ4n) is 2.15. The highest BCUT2D eigenvalue weighted by atomic mass is 35.5. The van der Waals surface area contributed by atoms with Gasteiger partial charge in [0, 0.05) is 12.3 Å². The number of esters is 1. The third-order valence-electron chi connectivity index (χ3n) is 3.07. The van der Waals surface area contributed by atoms with Crippen molar-refractivity contribution in [1.82, 2.24) is 5.32 Å². The van der Waals surface area contributed by atoms with E-state index in [1.54, 1.807) is 18.2 Å². The van der Waals surface area contributed by atoms with E-state index in [1.807, 2.05) is 19.9 Å². The van der Waals surface area contributed by atoms with Gasteiger partial charge in [-0.2, -0.15) is 0 Å². The molecule has 0 aromatic heterocycles. The van der Waals surface area contributed by atoms with Crippen LogP contribution in [-0.4, -0.2) is 18.7 Å². The van der Waals surface area contributed by atoms with Gasteiger partial charge in [0.25, 0.3) is 0 Å². The van der Waals surface area contributed by atoms with E-state index in [-0.39, 0.29) is 29.8 Å². The zero-order chi connectivity index (χ0) is 14.0. The molecule has 0 unspecified atom stereocenters. The van der Waals surface area contributed by atoms with E-state index in [4.69, 9.17) is 9.47 Å². The topological polar surface area (TPSA) is 64.6 Å². The lowest BCUT2D eigenvalue weighted by Crippen LogP contribution is -2.46. The lowest BCUT2D eigenvalue weighted by atomic mass is 9.80. The van der Waals surface area contributed by atoms with Crippen molar-refractivity contribution in [3.63, 3.8) is 0 Å². The maximum Gasteiger partial charge on any atom is 0.407 e. The lowest BCUT2D eigenvalue weighted by Gasteiger charge is -2.38. The minimum atomic E-state index is -0.429. The number of hydrogen-bond acceptors (Lipinski definition) is 4. The molecule has 110 valence electrons. The van der Waals surface area contributed by atoms with Crippen LogP contribution < -0.4 is 10.1 Å². The van der Waals surface area contributed by atoms with Crippen LogP contribution >= 0.6 is 12.4 Å². The maximum absolute atomic E-state index is 11.4. The summed E-state index contributed by atoms with van der Waals surface area (Å²) in [6.07, 6.45) is -0.429. The van der Waals surface area contributed by atoms with Gasteiger partial charge in [0.2, 0.25) is 0 Å². The van der Waals surface area contributed by atoms with Crippen molar-refractivity contribution in [3.8, 4) is 5.75 Å². The van der Waals surface area contributed by atoms with Gasteiger partial charge < -0.3 is 14.8 Å². The van der Waals surface area contributed by atoms with Gasteiger partial charge in [-0.05, 0) is 17.7 Å². The van der Waals surface area contributed by atoms with Crippen LogP contribution in [0.3, 0.4) is 0 Å². The Morgan fingerprint density at radius 3 is 2.80 bits per heavy atom. The highest BCUT2D eigenvalue weighted by Gasteiger charge is 2.37. The first kappa shape index (κ1) is 16.3. The largest absolute Gasteiger partial charge is 0.449 e. The van der Waals surface area contributed by atoms with Gasteiger partial charge in [0.05, 0.1) is 6.04 Å². The Kier molecular flexibility index (Phi) is 5.00. The van der Waals surface area contributed by atoms with Gasteiger partial charge in [-0.3, -0.25) is 4.79 Å². The average molecular weight is 300 g/mol. The molecule has 1 heterocycles. The molecule has 1 saturated heterocycles. The number of amides is 1. The molecule has 0 bridgehead atoms. The molecular weight excluding hydrogens is 282 g/mol. The summed E-state index contributed by atoms with van der Waals surface area (Å²) < 4.78 is 10.1. The molecule has 1 aromatic carbocycles. The number of rotatable bonds is 2. The van der Waals surface area contributed by atoms with Crippen LogP contribution in [0.25, 0.3) is 0 Å². The molecule has 1 atom stereocenters. The molecule has 1 aromatic rings. The Hall–Kier alpha value is -1.75. The fraction of sp³-hybridized carbons (Fsp3) is 0.429. The number of carbonyl (C=O) groups excluding carboxylic acids is 2. The Balaban J connectivity index is 0.00000200. The molecule has 1 fully saturated rings. The summed E-state index contributed by atoms with van der Waals surface area (Å²) in [5.41, 5.74) is 0.656. The first-order valence-electron chi connectivity index (χ1n) is 6.10. The van der Waals surface area contributed by atoms with Gasteiger partial charge in [-0.25, -0.2) is 4.79 Å². The first-order valence-corrected chi connectivity index (χ1v) is 6.10. The van der Waals surface area contributed by atoms with Crippen LogP contribution in [-0.2, 0) is 9.53 Å². The minimum Gasteiger partial charge on any atom is -0.449 e. The summed E-state index contributed by atoms with van der Waals surface area (Å²) in [6, 6.07) is 6.98. The van der Waals surface area contributed by atoms with Crippen molar-refractivity contribution in [1.29, 1.82) is 0 Å². The van der Waals surface area contributed by atoms with Crippen molar-refractivity contribution in [2.45, 2.75) is 26.8 Å². The summed E-state index contributed by atoms with van der Waals surface area (Å²) in [7, 11) is 0. The predicted molar refractivity (Wildman–Crippen MR) is 76.0 cm³/mol. The van der Waals surface area contributed by atoms with Crippen molar-refractivity contribution in [2.24, 2.45) is 5.41 Å². The lowest BCUT2D eigenvalue weighted by molar-refractivity contribution is -0.131. The summed E-state index contributed by atoms with van der Waals surface area (Å²) in [5.74, 6) is 0.106. The van der Waals surface area contributed by atoms with Gasteiger partial charge in [0.15, 0.2) is 0 Å². The van der Waals surface area contributed by atoms with Crippen molar-refractivity contribution in [3.05, 3.63) is 29.8 Å². The summed E-state index contributed by atoms with van der Waals surface area (Å²) >= 11 is 0. The van der Waals surface area contributed by atoms with Crippen molar-refractivity contribution >= 4 is 24.5 Å². The van der Waals surface area contributed by atoms with Crippen LogP contribution in [0.2, 0.25) is 0 Å². The van der Waals surface area contributed by atoms with Gasteiger partial charge in [-0.15, -0.1) is 12.4 Å². The van der Waals surface area contributed by atoms with E-state index >= 15 is 0 Å². The van der Waals surface area contributed by atoms with E-state index in [0.717, 1.165) is 5.56 Å². The summed E-state index contributed by atoms with van der Waals surface area (Å²) in [6.45, 7) is 5.72. The van der Waals surface area contributed by atoms with Crippen LogP contribution in [0, 0.1) is 5.41 Å². The van der Waals surface area contributed by atoms with Gasteiger partial charge in [0.1, 0.15) is 12.4 Å². The second kappa shape index (κ2) is 6.13. The molecule has 0 spiro atoms. The molecule has 5 nitrogen and oxygen atoms in total. The van der Waals surface area contributed by atoms with Crippen LogP contribution in [0.5, 0.6) is 5.75 Å². The molecule has 1 amide bonds. The molecule has 1 N–H and O–H groups in total. The Morgan fingerprint density at radius 1 is 1.45 bits per heavy atom. The molecular formula is C14H18ClNO4. The molecule has 0 aliphatic carbocycles. The average Bonchev–Trinajstić information content (AvgIpc) is 2.32. The third kappa shape index (κ3) is 3.63. The van der Waals surface area contributed by atoms with Gasteiger partial charge in [-0.1, -0.05) is 26.0 Å². The number of benzene rings is 1. The summed E-state index contributed by atoms with van der Waals surface area (Å²) in [5, 5.41) is 2.80. The van der Waals surface area contributed by atoms with Crippen LogP contribution in [0.4, 0.5) is 4.79 Å². The first-order chi connectivity index (χ1) is 8.88. The Morgan fingerprint density at radius 2 is 2.15 bits per heavy atom.